The summed E-state index contributed by atoms with van der Waals surface area (Å²) in [6.45, 7) is 13.3. The number of aryl methyl sites for hydroxylation is 2. The van der Waals surface area contributed by atoms with Crippen LogP contribution in [0, 0.1) is 19.8 Å². The van der Waals surface area contributed by atoms with Crippen molar-refractivity contribution in [1.29, 1.82) is 0 Å². The zero-order chi connectivity index (χ0) is 59.1. The van der Waals surface area contributed by atoms with E-state index in [1.165, 1.54) is 16.2 Å². The first-order valence-electron chi connectivity index (χ1n) is 28.0. The summed E-state index contributed by atoms with van der Waals surface area (Å²) in [7, 11) is 2.01. The monoisotopic (exact) mass is 1160 g/mol. The number of piperazine rings is 2. The molecule has 3 fully saturated rings. The summed E-state index contributed by atoms with van der Waals surface area (Å²) >= 11 is 1.51. The van der Waals surface area contributed by atoms with E-state index in [0.717, 1.165) is 52.1 Å². The average molecular weight is 1160 g/mol. The van der Waals surface area contributed by atoms with Crippen LogP contribution >= 0.6 is 11.3 Å². The number of nitrogens with one attached hydrogen (secondary N) is 4. The SMILES string of the molecule is Cc1cc(C(C(=O)N2C[C@H](O)C[C@H]2C(=O)NC(CC(=O)NCCCC(=O)N2CCN(Cc3cccc(-c4ccc(N5CCN(C)CC5)c(NC(=O)c5c[nH]c(=O)cc5C(F)(F)F)c4)c3)CC2)c2ccc(-c3scnc3C)cc2)C(C)C)on1. The third-order valence-electron chi connectivity index (χ3n) is 15.6. The topological polar surface area (TPSA) is 230 Å². The van der Waals surface area contributed by atoms with Crippen molar-refractivity contribution >= 4 is 52.2 Å². The molecule has 0 aliphatic carbocycles. The number of alkyl halides is 3. The molecule has 3 saturated heterocycles. The van der Waals surface area contributed by atoms with Crippen LogP contribution in [0.2, 0.25) is 0 Å². The lowest BCUT2D eigenvalue weighted by atomic mass is 9.91. The van der Waals surface area contributed by atoms with Gasteiger partial charge in [0.2, 0.25) is 29.2 Å². The Balaban J connectivity index is 0.787. The van der Waals surface area contributed by atoms with Gasteiger partial charge in [0, 0.05) is 103 Å². The largest absolute Gasteiger partial charge is 0.417 e. The minimum Gasteiger partial charge on any atom is -0.391 e. The predicted octanol–water partition coefficient (Wildman–Crippen LogP) is 6.98. The van der Waals surface area contributed by atoms with E-state index in [1.807, 2.05) is 93.4 Å². The number of thiazole rings is 1. The number of hydrogen-bond donors (Lipinski definition) is 5. The van der Waals surface area contributed by atoms with Crippen molar-refractivity contribution in [3.05, 3.63) is 140 Å². The van der Waals surface area contributed by atoms with Gasteiger partial charge in [0.1, 0.15) is 17.7 Å². The number of amides is 5. The number of aliphatic hydroxyl groups is 1. The lowest BCUT2D eigenvalue weighted by Crippen LogP contribution is -2.49. The lowest BCUT2D eigenvalue weighted by Gasteiger charge is -2.35. The first kappa shape index (κ1) is 59.9. The molecule has 440 valence electrons. The fraction of sp³-hybridized carbons (Fsp3) is 0.433. The van der Waals surface area contributed by atoms with Gasteiger partial charge in [-0.05, 0) is 79.3 Å². The molecular formula is C60H70F3N11O8S. The standard InChI is InChI=1S/C60H70F3N11O8S/c1-36(2)55(51-26-37(3)69-82-51)59(81)74-34-44(75)29-50(74)58(80)67-47(40-11-13-41(14-12-40)56-38(4)66-35-83-56)31-53(77)64-17-7-10-54(78)73-24-20-71(21-25-73)33-39-8-6-9-42(27-39)43-15-16-49(72-22-18-70(5)19-23-72)48(28-43)68-57(79)45-32-65-52(76)30-46(45)60(61,62)63/h6,8-9,11-16,26-28,30,32,35-36,44,47,50,55,75H,7,10,17-25,29,31,33-34H2,1-5H3,(H,64,77)(H,65,76)(H,67,80)(H,68,79)/t44-,47?,50+,55?/m1/s1. The predicted molar refractivity (Wildman–Crippen MR) is 308 cm³/mol. The van der Waals surface area contributed by atoms with Gasteiger partial charge in [0.05, 0.1) is 62.8 Å². The second-order valence-corrected chi connectivity index (χ2v) is 22.9. The van der Waals surface area contributed by atoms with Gasteiger partial charge in [-0.3, -0.25) is 33.7 Å². The van der Waals surface area contributed by atoms with Gasteiger partial charge in [0.25, 0.3) is 5.91 Å². The molecule has 3 aliphatic rings. The molecule has 9 rings (SSSR count). The van der Waals surface area contributed by atoms with Crippen LogP contribution in [0.25, 0.3) is 21.6 Å². The number of H-pyrrole nitrogens is 1. The molecule has 0 bridgehead atoms. The highest BCUT2D eigenvalue weighted by molar-refractivity contribution is 7.13. The highest BCUT2D eigenvalue weighted by atomic mass is 32.1. The molecule has 23 heteroatoms. The maximum absolute atomic E-state index is 14.3. The number of hydrogen-bond acceptors (Lipinski definition) is 14. The Hall–Kier alpha value is -7.73. The van der Waals surface area contributed by atoms with Gasteiger partial charge in [-0.1, -0.05) is 67.5 Å². The summed E-state index contributed by atoms with van der Waals surface area (Å²) in [6.07, 6.45) is -4.59. The van der Waals surface area contributed by atoms with Crippen molar-refractivity contribution in [2.45, 2.75) is 90.2 Å². The summed E-state index contributed by atoms with van der Waals surface area (Å²) in [6, 6.07) is 21.3. The van der Waals surface area contributed by atoms with Crippen LogP contribution in [0.5, 0.6) is 0 Å². The van der Waals surface area contributed by atoms with Crippen LogP contribution in [0.3, 0.4) is 0 Å². The number of anilines is 2. The van der Waals surface area contributed by atoms with Crippen LogP contribution < -0.4 is 26.4 Å². The average Bonchev–Trinajstić information content (AvgIpc) is 4.41. The van der Waals surface area contributed by atoms with Gasteiger partial charge in [0.15, 0.2) is 0 Å². The second-order valence-electron chi connectivity index (χ2n) is 22.1. The summed E-state index contributed by atoms with van der Waals surface area (Å²) in [5.41, 5.74) is 5.44. The molecule has 6 aromatic rings. The van der Waals surface area contributed by atoms with Crippen LogP contribution in [0.15, 0.2) is 99.9 Å². The van der Waals surface area contributed by atoms with Gasteiger partial charge >= 0.3 is 6.18 Å². The number of likely N-dealkylation sites (N-methyl/N-ethyl adjacent to an activating group) is 1. The number of aromatic nitrogens is 3. The van der Waals surface area contributed by atoms with E-state index in [9.17, 15) is 47.0 Å². The molecule has 2 unspecified atom stereocenters. The van der Waals surface area contributed by atoms with Crippen molar-refractivity contribution in [2.24, 2.45) is 5.92 Å². The highest BCUT2D eigenvalue weighted by Gasteiger charge is 2.44. The van der Waals surface area contributed by atoms with E-state index < -0.39 is 58.8 Å². The van der Waals surface area contributed by atoms with Crippen molar-refractivity contribution in [1.82, 2.24) is 45.4 Å². The van der Waals surface area contributed by atoms with Crippen LogP contribution in [-0.2, 0) is 31.9 Å². The fourth-order valence-electron chi connectivity index (χ4n) is 11.1. The Morgan fingerprint density at radius 2 is 1.61 bits per heavy atom. The summed E-state index contributed by atoms with van der Waals surface area (Å²) in [5.74, 6) is -2.80. The maximum atomic E-state index is 14.3. The third-order valence-corrected chi connectivity index (χ3v) is 16.6. The lowest BCUT2D eigenvalue weighted by molar-refractivity contribution is -0.141. The molecule has 5 amide bonds. The van der Waals surface area contributed by atoms with E-state index in [0.29, 0.717) is 86.7 Å². The first-order valence-corrected chi connectivity index (χ1v) is 28.8. The fourth-order valence-corrected chi connectivity index (χ4v) is 11.9. The van der Waals surface area contributed by atoms with Crippen LogP contribution in [0.1, 0.15) is 95.7 Å². The van der Waals surface area contributed by atoms with Gasteiger partial charge < -0.3 is 50.2 Å². The number of carbonyl (C=O) groups excluding carboxylic acids is 5. The van der Waals surface area contributed by atoms with Crippen LogP contribution in [-0.4, -0.2) is 154 Å². The van der Waals surface area contributed by atoms with Crippen molar-refractivity contribution < 1.29 is 46.8 Å². The molecule has 3 aromatic heterocycles. The molecule has 5 N–H and O–H groups in total. The van der Waals surface area contributed by atoms with Gasteiger partial charge in [-0.25, -0.2) is 4.98 Å². The minimum atomic E-state index is -4.93. The number of β-amino-alcohol motifs (C(OH)–C–C–N with tert-alkyl or cyclic N) is 1. The molecule has 6 heterocycles. The Labute approximate surface area is 483 Å². The van der Waals surface area contributed by atoms with Crippen molar-refractivity contribution in [3.8, 4) is 21.6 Å². The molecule has 3 aliphatic heterocycles. The molecule has 0 spiro atoms. The second kappa shape index (κ2) is 26.2. The number of benzene rings is 3. The first-order chi connectivity index (χ1) is 39.7. The Morgan fingerprint density at radius 3 is 2.29 bits per heavy atom. The quantitative estimate of drug-likeness (QED) is 0.0516. The number of likely N-dealkylation sites (tertiary alicyclic amines) is 1. The van der Waals surface area contributed by atoms with E-state index >= 15 is 0 Å². The number of halogens is 3. The third kappa shape index (κ3) is 14.7. The number of carbonyl (C=O) groups is 5. The van der Waals surface area contributed by atoms with E-state index in [2.05, 4.69) is 45.8 Å². The number of nitrogens with zero attached hydrogens (tertiary/aromatic N) is 7. The zero-order valence-electron chi connectivity index (χ0n) is 47.1. The Morgan fingerprint density at radius 1 is 0.892 bits per heavy atom. The minimum absolute atomic E-state index is 0.0183. The number of rotatable bonds is 19. The smallest absolute Gasteiger partial charge is 0.391 e. The molecular weight excluding hydrogens is 1090 g/mol. The molecule has 3 aromatic carbocycles. The molecule has 0 saturated carbocycles. The van der Waals surface area contributed by atoms with E-state index in [1.54, 1.807) is 24.6 Å². The summed E-state index contributed by atoms with van der Waals surface area (Å²) < 4.78 is 47.5. The highest BCUT2D eigenvalue weighted by Crippen LogP contribution is 2.37. The maximum Gasteiger partial charge on any atom is 0.417 e. The Bertz CT molecular complexity index is 3350. The molecule has 0 radical (unpaired) electrons. The normalized spacial score (nSPS) is 17.8. The Kier molecular flexibility index (Phi) is 18.9. The summed E-state index contributed by atoms with van der Waals surface area (Å²) in [5, 5.41) is 23.5. The molecule has 19 nitrogen and oxygen atoms in total. The zero-order valence-corrected chi connectivity index (χ0v) is 47.9. The number of pyridine rings is 1. The van der Waals surface area contributed by atoms with Crippen molar-refractivity contribution in [3.63, 3.8) is 0 Å². The van der Waals surface area contributed by atoms with Gasteiger partial charge in [-0.15, -0.1) is 11.3 Å². The van der Waals surface area contributed by atoms with E-state index in [4.69, 9.17) is 4.52 Å². The molecule has 4 atom stereocenters. The number of aromatic amines is 1. The van der Waals surface area contributed by atoms with Gasteiger partial charge in [-0.2, -0.15) is 13.2 Å². The van der Waals surface area contributed by atoms with Crippen molar-refractivity contribution in [2.75, 3.05) is 82.7 Å². The number of aliphatic hydroxyl groups excluding tert-OH is 1. The van der Waals surface area contributed by atoms with Crippen LogP contribution in [0.4, 0.5) is 24.5 Å². The van der Waals surface area contributed by atoms with E-state index in [-0.39, 0.29) is 56.0 Å². The molecule has 83 heavy (non-hydrogen) atoms. The summed E-state index contributed by atoms with van der Waals surface area (Å²) in [4.78, 5) is 98.3.